The van der Waals surface area contributed by atoms with Crippen LogP contribution in [0.3, 0.4) is 0 Å². The van der Waals surface area contributed by atoms with E-state index in [9.17, 15) is 4.79 Å². The Morgan fingerprint density at radius 3 is 2.60 bits per heavy atom. The van der Waals surface area contributed by atoms with Crippen LogP contribution < -0.4 is 0 Å². The van der Waals surface area contributed by atoms with Crippen molar-refractivity contribution < 1.29 is 4.79 Å². The second-order valence-electron chi connectivity index (χ2n) is 7.17. The van der Waals surface area contributed by atoms with Gasteiger partial charge in [0.05, 0.1) is 5.69 Å². The number of hydrogen-bond donors (Lipinski definition) is 0. The fourth-order valence-electron chi connectivity index (χ4n) is 3.80. The Morgan fingerprint density at radius 1 is 1.28 bits per heavy atom. The Labute approximate surface area is 154 Å². The average Bonchev–Trinajstić information content (AvgIpc) is 3.17. The van der Waals surface area contributed by atoms with Gasteiger partial charge in [-0.2, -0.15) is 5.10 Å². The highest BCUT2D eigenvalue weighted by Crippen LogP contribution is 2.31. The number of carbonyl (C=O) groups is 1. The van der Waals surface area contributed by atoms with Crippen molar-refractivity contribution in [3.8, 4) is 11.3 Å². The summed E-state index contributed by atoms with van der Waals surface area (Å²) in [6.45, 7) is 7.15. The summed E-state index contributed by atoms with van der Waals surface area (Å²) in [7, 11) is 1.96. The minimum atomic E-state index is 0.115. The third kappa shape index (κ3) is 3.81. The standard InChI is InChI=1S/C20H29N3OS/c1-5-11-23-19(20(24)22(4)16-9-7-6-8-10-16)13-18(21-23)17-12-14(2)25-15(17)3/h12-13,16H,5-11H2,1-4H3. The molecule has 1 fully saturated rings. The van der Waals surface area contributed by atoms with E-state index in [2.05, 4.69) is 26.8 Å². The van der Waals surface area contributed by atoms with E-state index in [1.807, 2.05) is 22.7 Å². The van der Waals surface area contributed by atoms with Crippen LogP contribution in [0.2, 0.25) is 0 Å². The molecule has 1 amide bonds. The van der Waals surface area contributed by atoms with Crippen molar-refractivity contribution in [1.29, 1.82) is 0 Å². The molecule has 0 bridgehead atoms. The molecule has 0 aromatic carbocycles. The molecule has 0 atom stereocenters. The van der Waals surface area contributed by atoms with Gasteiger partial charge in [-0.1, -0.05) is 26.2 Å². The molecule has 2 aromatic rings. The van der Waals surface area contributed by atoms with Crippen LogP contribution in [0.15, 0.2) is 12.1 Å². The number of nitrogens with zero attached hydrogens (tertiary/aromatic N) is 3. The Balaban J connectivity index is 1.91. The van der Waals surface area contributed by atoms with Gasteiger partial charge in [-0.25, -0.2) is 0 Å². The summed E-state index contributed by atoms with van der Waals surface area (Å²) >= 11 is 1.79. The van der Waals surface area contributed by atoms with E-state index < -0.39 is 0 Å². The normalized spacial score (nSPS) is 15.5. The largest absolute Gasteiger partial charge is 0.337 e. The van der Waals surface area contributed by atoms with Crippen LogP contribution in [0.5, 0.6) is 0 Å². The van der Waals surface area contributed by atoms with Gasteiger partial charge in [0.25, 0.3) is 5.91 Å². The summed E-state index contributed by atoms with van der Waals surface area (Å²) in [6, 6.07) is 4.54. The topological polar surface area (TPSA) is 38.1 Å². The second kappa shape index (κ2) is 7.73. The molecule has 2 aromatic heterocycles. The molecule has 136 valence electrons. The predicted molar refractivity (Wildman–Crippen MR) is 104 cm³/mol. The first-order chi connectivity index (χ1) is 12.0. The molecular formula is C20H29N3OS. The third-order valence-electron chi connectivity index (χ3n) is 5.19. The molecule has 0 spiro atoms. The van der Waals surface area contributed by atoms with Gasteiger partial charge in [0, 0.05) is 35.0 Å². The monoisotopic (exact) mass is 359 g/mol. The SMILES string of the molecule is CCCn1nc(-c2cc(C)sc2C)cc1C(=O)N(C)C1CCCCC1. The zero-order valence-electron chi connectivity index (χ0n) is 15.8. The molecule has 3 rings (SSSR count). The van der Waals surface area contributed by atoms with Gasteiger partial charge in [-0.05, 0) is 45.2 Å². The smallest absolute Gasteiger partial charge is 0.272 e. The van der Waals surface area contributed by atoms with E-state index in [-0.39, 0.29) is 5.91 Å². The van der Waals surface area contributed by atoms with Gasteiger partial charge >= 0.3 is 0 Å². The average molecular weight is 360 g/mol. The van der Waals surface area contributed by atoms with E-state index >= 15 is 0 Å². The van der Waals surface area contributed by atoms with E-state index in [4.69, 9.17) is 5.10 Å². The maximum absolute atomic E-state index is 13.1. The van der Waals surface area contributed by atoms with Gasteiger partial charge in [0.15, 0.2) is 0 Å². The molecule has 2 heterocycles. The van der Waals surface area contributed by atoms with Crippen LogP contribution in [0.1, 0.15) is 65.7 Å². The number of amides is 1. The maximum atomic E-state index is 13.1. The number of carbonyl (C=O) groups excluding carboxylic acids is 1. The number of aromatic nitrogens is 2. The van der Waals surface area contributed by atoms with Gasteiger partial charge in [0.1, 0.15) is 5.69 Å². The highest BCUT2D eigenvalue weighted by Gasteiger charge is 2.26. The van der Waals surface area contributed by atoms with Crippen molar-refractivity contribution in [3.05, 3.63) is 27.6 Å². The van der Waals surface area contributed by atoms with Crippen LogP contribution in [-0.4, -0.2) is 33.7 Å². The minimum absolute atomic E-state index is 0.115. The van der Waals surface area contributed by atoms with E-state index in [1.54, 1.807) is 11.3 Å². The van der Waals surface area contributed by atoms with Gasteiger partial charge in [0.2, 0.25) is 0 Å². The first-order valence-electron chi connectivity index (χ1n) is 9.43. The fourth-order valence-corrected chi connectivity index (χ4v) is 4.74. The van der Waals surface area contributed by atoms with Crippen LogP contribution in [0.25, 0.3) is 11.3 Å². The van der Waals surface area contributed by atoms with Crippen molar-refractivity contribution in [1.82, 2.24) is 14.7 Å². The minimum Gasteiger partial charge on any atom is -0.337 e. The van der Waals surface area contributed by atoms with Crippen molar-refractivity contribution in [3.63, 3.8) is 0 Å². The molecule has 1 aliphatic carbocycles. The zero-order valence-corrected chi connectivity index (χ0v) is 16.7. The molecule has 5 heteroatoms. The summed E-state index contributed by atoms with van der Waals surface area (Å²) in [5, 5.41) is 4.77. The Morgan fingerprint density at radius 2 is 2.00 bits per heavy atom. The van der Waals surface area contributed by atoms with Crippen LogP contribution in [-0.2, 0) is 6.54 Å². The molecule has 25 heavy (non-hydrogen) atoms. The molecule has 0 N–H and O–H groups in total. The first-order valence-corrected chi connectivity index (χ1v) is 10.2. The Kier molecular flexibility index (Phi) is 5.62. The Bertz CT molecular complexity index is 740. The summed E-state index contributed by atoms with van der Waals surface area (Å²) in [4.78, 5) is 17.6. The predicted octanol–water partition coefficient (Wildman–Crippen LogP) is 5.04. The van der Waals surface area contributed by atoms with Gasteiger partial charge in [-0.3, -0.25) is 9.48 Å². The molecule has 0 unspecified atom stereocenters. The van der Waals surface area contributed by atoms with Crippen molar-refractivity contribution in [2.45, 2.75) is 71.9 Å². The van der Waals surface area contributed by atoms with E-state index in [1.165, 1.54) is 29.0 Å². The lowest BCUT2D eigenvalue weighted by atomic mass is 9.94. The van der Waals surface area contributed by atoms with Crippen LogP contribution in [0, 0.1) is 13.8 Å². The highest BCUT2D eigenvalue weighted by atomic mass is 32.1. The Hall–Kier alpha value is -1.62. The van der Waals surface area contributed by atoms with Crippen LogP contribution in [0.4, 0.5) is 0 Å². The van der Waals surface area contributed by atoms with Gasteiger partial charge < -0.3 is 4.90 Å². The summed E-state index contributed by atoms with van der Waals surface area (Å²) in [5.41, 5.74) is 2.82. The quantitative estimate of drug-likeness (QED) is 0.750. The molecule has 0 saturated heterocycles. The lowest BCUT2D eigenvalue weighted by Gasteiger charge is -2.31. The maximum Gasteiger partial charge on any atom is 0.272 e. The molecule has 0 radical (unpaired) electrons. The van der Waals surface area contributed by atoms with Crippen molar-refractivity contribution in [2.75, 3.05) is 7.05 Å². The second-order valence-corrected chi connectivity index (χ2v) is 8.63. The summed E-state index contributed by atoms with van der Waals surface area (Å²) < 4.78 is 1.91. The fraction of sp³-hybridized carbons (Fsp3) is 0.600. The molecule has 0 aliphatic heterocycles. The van der Waals surface area contributed by atoms with E-state index in [0.29, 0.717) is 6.04 Å². The number of hydrogen-bond acceptors (Lipinski definition) is 3. The number of aryl methyl sites for hydroxylation is 3. The summed E-state index contributed by atoms with van der Waals surface area (Å²) in [5.74, 6) is 0.115. The number of thiophene rings is 1. The van der Waals surface area contributed by atoms with Crippen molar-refractivity contribution in [2.24, 2.45) is 0 Å². The summed E-state index contributed by atoms with van der Waals surface area (Å²) in [6.07, 6.45) is 6.98. The molecular weight excluding hydrogens is 330 g/mol. The number of rotatable bonds is 5. The molecule has 1 saturated carbocycles. The lowest BCUT2D eigenvalue weighted by Crippen LogP contribution is -2.39. The highest BCUT2D eigenvalue weighted by molar-refractivity contribution is 7.12. The zero-order chi connectivity index (χ0) is 18.0. The molecule has 1 aliphatic rings. The van der Waals surface area contributed by atoms with E-state index in [0.717, 1.165) is 42.8 Å². The lowest BCUT2D eigenvalue weighted by molar-refractivity contribution is 0.0683. The molecule has 4 nitrogen and oxygen atoms in total. The van der Waals surface area contributed by atoms with Gasteiger partial charge in [-0.15, -0.1) is 11.3 Å². The van der Waals surface area contributed by atoms with Crippen LogP contribution >= 0.6 is 11.3 Å². The first kappa shape index (κ1) is 18.2. The third-order valence-corrected chi connectivity index (χ3v) is 6.16. The van der Waals surface area contributed by atoms with Crippen molar-refractivity contribution >= 4 is 17.2 Å².